The number of piperidine rings is 2. The lowest BCUT2D eigenvalue weighted by molar-refractivity contribution is -0.126. The van der Waals surface area contributed by atoms with Crippen LogP contribution in [0.3, 0.4) is 0 Å². The Morgan fingerprint density at radius 3 is 2.53 bits per heavy atom. The number of nitrogens with zero attached hydrogens (tertiary/aromatic N) is 1. The molecule has 0 unspecified atom stereocenters. The topological polar surface area (TPSA) is 44.4 Å². The van der Waals surface area contributed by atoms with E-state index in [-0.39, 0.29) is 11.8 Å². The molecule has 1 amide bonds. The Bertz CT molecular complexity index is 269. The highest BCUT2D eigenvalue weighted by Crippen LogP contribution is 2.17. The van der Waals surface area contributed by atoms with Crippen LogP contribution in [0, 0.1) is 11.8 Å². The minimum Gasteiger partial charge on any atom is -0.356 e. The van der Waals surface area contributed by atoms with Crippen LogP contribution in [0.1, 0.15) is 39.0 Å². The van der Waals surface area contributed by atoms with Crippen molar-refractivity contribution in [2.24, 2.45) is 11.8 Å². The van der Waals surface area contributed by atoms with Gasteiger partial charge in [0, 0.05) is 12.5 Å². The highest BCUT2D eigenvalue weighted by molar-refractivity contribution is 5.78. The Kier molecular flexibility index (Phi) is 6.11. The third kappa shape index (κ3) is 4.77. The van der Waals surface area contributed by atoms with Crippen LogP contribution >= 0.6 is 0 Å². The second-order valence-corrected chi connectivity index (χ2v) is 6.05. The Morgan fingerprint density at radius 1 is 1.21 bits per heavy atom. The summed E-state index contributed by atoms with van der Waals surface area (Å²) in [7, 11) is 0. The molecule has 4 nitrogen and oxygen atoms in total. The van der Waals surface area contributed by atoms with E-state index in [0.717, 1.165) is 32.5 Å². The molecule has 0 aromatic rings. The molecule has 110 valence electrons. The Balaban J connectivity index is 1.61. The van der Waals surface area contributed by atoms with E-state index in [1.165, 1.54) is 38.9 Å². The zero-order chi connectivity index (χ0) is 13.5. The summed E-state index contributed by atoms with van der Waals surface area (Å²) in [5.74, 6) is 1.23. The maximum Gasteiger partial charge on any atom is 0.223 e. The Hall–Kier alpha value is -0.610. The number of hydrogen-bond donors (Lipinski definition) is 2. The molecule has 2 saturated heterocycles. The van der Waals surface area contributed by atoms with Crippen molar-refractivity contribution in [2.45, 2.75) is 39.0 Å². The first-order valence-electron chi connectivity index (χ1n) is 8.00. The van der Waals surface area contributed by atoms with E-state index >= 15 is 0 Å². The van der Waals surface area contributed by atoms with Gasteiger partial charge in [0.2, 0.25) is 5.91 Å². The molecule has 0 saturated carbocycles. The molecule has 0 spiro atoms. The molecule has 4 heteroatoms. The maximum absolute atomic E-state index is 12.1. The molecule has 2 fully saturated rings. The summed E-state index contributed by atoms with van der Waals surface area (Å²) in [5.41, 5.74) is 0. The van der Waals surface area contributed by atoms with Gasteiger partial charge < -0.3 is 15.5 Å². The fourth-order valence-corrected chi connectivity index (χ4v) is 3.20. The molecular weight excluding hydrogens is 238 g/mol. The first-order valence-corrected chi connectivity index (χ1v) is 8.00. The summed E-state index contributed by atoms with van der Waals surface area (Å²) in [6.45, 7) is 8.77. The van der Waals surface area contributed by atoms with Crippen LogP contribution in [0.4, 0.5) is 0 Å². The average Bonchev–Trinajstić information content (AvgIpc) is 2.47. The van der Waals surface area contributed by atoms with Gasteiger partial charge in [-0.1, -0.05) is 6.92 Å². The Morgan fingerprint density at radius 2 is 1.89 bits per heavy atom. The van der Waals surface area contributed by atoms with E-state index in [1.807, 2.05) is 0 Å². The van der Waals surface area contributed by atoms with Crippen LogP contribution in [-0.2, 0) is 4.79 Å². The maximum atomic E-state index is 12.1. The summed E-state index contributed by atoms with van der Waals surface area (Å²) in [4.78, 5) is 14.6. The number of carbonyl (C=O) groups is 1. The second-order valence-electron chi connectivity index (χ2n) is 6.05. The Labute approximate surface area is 117 Å². The van der Waals surface area contributed by atoms with E-state index in [1.54, 1.807) is 0 Å². The molecule has 19 heavy (non-hydrogen) atoms. The molecule has 2 heterocycles. The number of nitrogens with one attached hydrogen (secondary N) is 2. The fraction of sp³-hybridized carbons (Fsp3) is 0.933. The van der Waals surface area contributed by atoms with Gasteiger partial charge in [-0.15, -0.1) is 0 Å². The molecule has 0 aliphatic carbocycles. The van der Waals surface area contributed by atoms with Gasteiger partial charge in [-0.05, 0) is 70.7 Å². The number of hydrogen-bond acceptors (Lipinski definition) is 3. The van der Waals surface area contributed by atoms with Crippen LogP contribution in [0.5, 0.6) is 0 Å². The molecule has 0 radical (unpaired) electrons. The molecular formula is C15H29N3O. The monoisotopic (exact) mass is 267 g/mol. The quantitative estimate of drug-likeness (QED) is 0.787. The van der Waals surface area contributed by atoms with E-state index < -0.39 is 0 Å². The number of amides is 1. The summed E-state index contributed by atoms with van der Waals surface area (Å²) in [6, 6.07) is 0. The zero-order valence-electron chi connectivity index (χ0n) is 12.3. The van der Waals surface area contributed by atoms with Crippen molar-refractivity contribution in [1.82, 2.24) is 15.5 Å². The predicted molar refractivity (Wildman–Crippen MR) is 78.1 cm³/mol. The summed E-state index contributed by atoms with van der Waals surface area (Å²) in [6.07, 6.45) is 5.73. The van der Waals surface area contributed by atoms with Crippen molar-refractivity contribution in [3.05, 3.63) is 0 Å². The van der Waals surface area contributed by atoms with Crippen molar-refractivity contribution in [3.8, 4) is 0 Å². The summed E-state index contributed by atoms with van der Waals surface area (Å²) >= 11 is 0. The van der Waals surface area contributed by atoms with Crippen LogP contribution in [0.25, 0.3) is 0 Å². The van der Waals surface area contributed by atoms with E-state index in [4.69, 9.17) is 0 Å². The summed E-state index contributed by atoms with van der Waals surface area (Å²) in [5, 5.41) is 6.49. The van der Waals surface area contributed by atoms with Crippen LogP contribution in [-0.4, -0.2) is 50.1 Å². The van der Waals surface area contributed by atoms with Gasteiger partial charge in [0.25, 0.3) is 0 Å². The highest BCUT2D eigenvalue weighted by Gasteiger charge is 2.23. The number of likely N-dealkylation sites (tertiary alicyclic amines) is 1. The van der Waals surface area contributed by atoms with Gasteiger partial charge in [0.15, 0.2) is 0 Å². The van der Waals surface area contributed by atoms with Crippen molar-refractivity contribution < 1.29 is 4.79 Å². The molecule has 0 bridgehead atoms. The zero-order valence-corrected chi connectivity index (χ0v) is 12.3. The lowest BCUT2D eigenvalue weighted by Gasteiger charge is -2.32. The third-order valence-electron chi connectivity index (χ3n) is 4.52. The lowest BCUT2D eigenvalue weighted by Crippen LogP contribution is -2.42. The van der Waals surface area contributed by atoms with Gasteiger partial charge >= 0.3 is 0 Å². The summed E-state index contributed by atoms with van der Waals surface area (Å²) < 4.78 is 0. The van der Waals surface area contributed by atoms with Gasteiger partial charge in [-0.2, -0.15) is 0 Å². The normalized spacial score (nSPS) is 23.4. The van der Waals surface area contributed by atoms with Crippen molar-refractivity contribution in [2.75, 3.05) is 39.3 Å². The van der Waals surface area contributed by atoms with Gasteiger partial charge in [-0.3, -0.25) is 4.79 Å². The molecule has 2 aliphatic heterocycles. The predicted octanol–water partition coefficient (Wildman–Crippen LogP) is 1.22. The van der Waals surface area contributed by atoms with E-state index in [0.29, 0.717) is 5.92 Å². The SMILES string of the molecule is CCCN1CCC(CNC(=O)C2CCNCC2)CC1. The molecule has 2 rings (SSSR count). The third-order valence-corrected chi connectivity index (χ3v) is 4.52. The molecule has 2 N–H and O–H groups in total. The van der Waals surface area contributed by atoms with Gasteiger partial charge in [-0.25, -0.2) is 0 Å². The fourth-order valence-electron chi connectivity index (χ4n) is 3.20. The number of rotatable bonds is 5. The molecule has 2 aliphatic rings. The van der Waals surface area contributed by atoms with Crippen LogP contribution in [0.2, 0.25) is 0 Å². The van der Waals surface area contributed by atoms with Crippen molar-refractivity contribution in [3.63, 3.8) is 0 Å². The second kappa shape index (κ2) is 7.85. The van der Waals surface area contributed by atoms with E-state index in [2.05, 4.69) is 22.5 Å². The first-order chi connectivity index (χ1) is 9.29. The number of carbonyl (C=O) groups excluding carboxylic acids is 1. The van der Waals surface area contributed by atoms with Crippen LogP contribution < -0.4 is 10.6 Å². The minimum absolute atomic E-state index is 0.251. The average molecular weight is 267 g/mol. The van der Waals surface area contributed by atoms with Crippen molar-refractivity contribution in [1.29, 1.82) is 0 Å². The highest BCUT2D eigenvalue weighted by atomic mass is 16.1. The van der Waals surface area contributed by atoms with Gasteiger partial charge in [0.05, 0.1) is 0 Å². The molecule has 0 aromatic heterocycles. The largest absolute Gasteiger partial charge is 0.356 e. The first kappa shape index (κ1) is 14.8. The molecule has 0 atom stereocenters. The van der Waals surface area contributed by atoms with Crippen molar-refractivity contribution >= 4 is 5.91 Å². The lowest BCUT2D eigenvalue weighted by atomic mass is 9.94. The van der Waals surface area contributed by atoms with E-state index in [9.17, 15) is 4.79 Å². The standard InChI is InChI=1S/C15H29N3O/c1-2-9-18-10-5-13(6-11-18)12-17-15(19)14-3-7-16-8-4-14/h13-14,16H,2-12H2,1H3,(H,17,19). The van der Waals surface area contributed by atoms with Crippen LogP contribution in [0.15, 0.2) is 0 Å². The minimum atomic E-state index is 0.251. The van der Waals surface area contributed by atoms with Gasteiger partial charge in [0.1, 0.15) is 0 Å². The molecule has 0 aromatic carbocycles. The smallest absolute Gasteiger partial charge is 0.223 e.